The van der Waals surface area contributed by atoms with Crippen LogP contribution in [0.4, 0.5) is 13.2 Å². The lowest BCUT2D eigenvalue weighted by Crippen LogP contribution is -2.13. The Morgan fingerprint density at radius 3 is 2.08 bits per heavy atom. The SMILES string of the molecule is CCC[C@H]1CC[C@H](c2ccc(-c3ccc(C(C)(F)F)c(F)c3)cc2)CC1. The van der Waals surface area contributed by atoms with Gasteiger partial charge in [-0.1, -0.05) is 50.1 Å². The molecule has 0 spiro atoms. The first-order chi connectivity index (χ1) is 12.4. The summed E-state index contributed by atoms with van der Waals surface area (Å²) in [6.07, 6.45) is 7.68. The molecule has 0 atom stereocenters. The second-order valence-corrected chi connectivity index (χ2v) is 7.71. The molecule has 0 unspecified atom stereocenters. The fourth-order valence-electron chi connectivity index (χ4n) is 4.19. The topological polar surface area (TPSA) is 0 Å². The van der Waals surface area contributed by atoms with Gasteiger partial charge in [0.05, 0.1) is 5.56 Å². The van der Waals surface area contributed by atoms with Crippen molar-refractivity contribution in [3.8, 4) is 11.1 Å². The lowest BCUT2D eigenvalue weighted by Gasteiger charge is -2.28. The standard InChI is InChI=1S/C23H27F3/c1-3-4-16-5-7-17(8-6-16)18-9-11-19(12-10-18)20-13-14-21(22(24)15-20)23(2,25)26/h9-17H,3-8H2,1-2H3/t16-,17-. The quantitative estimate of drug-likeness (QED) is 0.513. The van der Waals surface area contributed by atoms with Crippen molar-refractivity contribution >= 4 is 0 Å². The van der Waals surface area contributed by atoms with Gasteiger partial charge in [-0.25, -0.2) is 13.2 Å². The highest BCUT2D eigenvalue weighted by Crippen LogP contribution is 2.38. The lowest BCUT2D eigenvalue weighted by molar-refractivity contribution is 0.0138. The van der Waals surface area contributed by atoms with E-state index in [4.69, 9.17) is 0 Å². The predicted molar refractivity (Wildman–Crippen MR) is 101 cm³/mol. The van der Waals surface area contributed by atoms with Crippen molar-refractivity contribution in [3.05, 3.63) is 59.4 Å². The summed E-state index contributed by atoms with van der Waals surface area (Å²) in [6.45, 7) is 2.97. The molecule has 3 rings (SSSR count). The van der Waals surface area contributed by atoms with Gasteiger partial charge in [-0.15, -0.1) is 0 Å². The maximum Gasteiger partial charge on any atom is 0.273 e. The fraction of sp³-hybridized carbons (Fsp3) is 0.478. The van der Waals surface area contributed by atoms with Gasteiger partial charge in [0.1, 0.15) is 5.82 Å². The van der Waals surface area contributed by atoms with E-state index in [2.05, 4.69) is 19.1 Å². The van der Waals surface area contributed by atoms with Crippen LogP contribution >= 0.6 is 0 Å². The summed E-state index contributed by atoms with van der Waals surface area (Å²) in [5, 5.41) is 0. The smallest absolute Gasteiger partial charge is 0.206 e. The van der Waals surface area contributed by atoms with Gasteiger partial charge in [-0.05, 0) is 66.3 Å². The van der Waals surface area contributed by atoms with E-state index < -0.39 is 17.3 Å². The molecule has 1 saturated carbocycles. The Kier molecular flexibility index (Phi) is 5.74. The second-order valence-electron chi connectivity index (χ2n) is 7.71. The Labute approximate surface area is 154 Å². The van der Waals surface area contributed by atoms with Gasteiger partial charge in [0.15, 0.2) is 0 Å². The van der Waals surface area contributed by atoms with Crippen molar-refractivity contribution < 1.29 is 13.2 Å². The molecular formula is C23H27F3. The summed E-state index contributed by atoms with van der Waals surface area (Å²) in [6, 6.07) is 12.1. The Morgan fingerprint density at radius 2 is 1.54 bits per heavy atom. The predicted octanol–water partition coefficient (Wildman–Crippen LogP) is 7.68. The summed E-state index contributed by atoms with van der Waals surface area (Å²) in [4.78, 5) is 0. The van der Waals surface area contributed by atoms with Crippen LogP contribution in [0.15, 0.2) is 42.5 Å². The molecule has 0 N–H and O–H groups in total. The number of hydrogen-bond acceptors (Lipinski definition) is 0. The third-order valence-corrected chi connectivity index (χ3v) is 5.70. The molecule has 3 heteroatoms. The maximum atomic E-state index is 14.0. The van der Waals surface area contributed by atoms with E-state index in [1.807, 2.05) is 12.1 Å². The number of benzene rings is 2. The van der Waals surface area contributed by atoms with Gasteiger partial charge in [-0.2, -0.15) is 0 Å². The minimum absolute atomic E-state index is 0.554. The normalized spacial score (nSPS) is 21.0. The van der Waals surface area contributed by atoms with Crippen LogP contribution in [0.25, 0.3) is 11.1 Å². The Balaban J connectivity index is 1.71. The van der Waals surface area contributed by atoms with Gasteiger partial charge in [0.2, 0.25) is 0 Å². The van der Waals surface area contributed by atoms with Crippen LogP contribution in [0.3, 0.4) is 0 Å². The first kappa shape index (κ1) is 19.0. The van der Waals surface area contributed by atoms with Gasteiger partial charge in [-0.3, -0.25) is 0 Å². The molecule has 0 heterocycles. The van der Waals surface area contributed by atoms with E-state index in [0.29, 0.717) is 11.5 Å². The van der Waals surface area contributed by atoms with Crippen LogP contribution in [0.2, 0.25) is 0 Å². The molecule has 0 saturated heterocycles. The van der Waals surface area contributed by atoms with Crippen LogP contribution in [-0.4, -0.2) is 0 Å². The van der Waals surface area contributed by atoms with Crippen molar-refractivity contribution in [2.75, 3.05) is 0 Å². The molecule has 2 aromatic carbocycles. The average Bonchev–Trinajstić information content (AvgIpc) is 2.62. The van der Waals surface area contributed by atoms with Crippen molar-refractivity contribution in [1.82, 2.24) is 0 Å². The molecule has 0 bridgehead atoms. The second kappa shape index (κ2) is 7.85. The highest BCUT2D eigenvalue weighted by atomic mass is 19.3. The monoisotopic (exact) mass is 360 g/mol. The molecule has 1 fully saturated rings. The van der Waals surface area contributed by atoms with E-state index in [1.54, 1.807) is 6.07 Å². The van der Waals surface area contributed by atoms with Crippen LogP contribution in [0.1, 0.15) is 69.4 Å². The zero-order valence-corrected chi connectivity index (χ0v) is 15.6. The minimum Gasteiger partial charge on any atom is -0.206 e. The summed E-state index contributed by atoms with van der Waals surface area (Å²) in [5.41, 5.74) is 2.27. The zero-order valence-electron chi connectivity index (χ0n) is 15.6. The summed E-state index contributed by atoms with van der Waals surface area (Å²) < 4.78 is 40.7. The Morgan fingerprint density at radius 1 is 0.923 bits per heavy atom. The van der Waals surface area contributed by atoms with Crippen LogP contribution < -0.4 is 0 Å². The lowest BCUT2D eigenvalue weighted by atomic mass is 9.77. The van der Waals surface area contributed by atoms with Crippen molar-refractivity contribution in [2.24, 2.45) is 5.92 Å². The molecule has 0 radical (unpaired) electrons. The first-order valence-electron chi connectivity index (χ1n) is 9.66. The molecule has 1 aliphatic rings. The van der Waals surface area contributed by atoms with Crippen molar-refractivity contribution in [1.29, 1.82) is 0 Å². The number of hydrogen-bond donors (Lipinski definition) is 0. The third-order valence-electron chi connectivity index (χ3n) is 5.70. The van der Waals surface area contributed by atoms with Gasteiger partial charge >= 0.3 is 0 Å². The number of halogens is 3. The van der Waals surface area contributed by atoms with Crippen LogP contribution in [0.5, 0.6) is 0 Å². The number of alkyl halides is 2. The van der Waals surface area contributed by atoms with E-state index in [-0.39, 0.29) is 0 Å². The van der Waals surface area contributed by atoms with Crippen LogP contribution in [0, 0.1) is 11.7 Å². The molecule has 0 aromatic heterocycles. The number of rotatable bonds is 5. The molecule has 0 nitrogen and oxygen atoms in total. The molecule has 0 aliphatic heterocycles. The third kappa shape index (κ3) is 4.31. The molecule has 0 amide bonds. The average molecular weight is 360 g/mol. The van der Waals surface area contributed by atoms with E-state index in [9.17, 15) is 13.2 Å². The summed E-state index contributed by atoms with van der Waals surface area (Å²) in [5.74, 6) is -2.53. The molecule has 26 heavy (non-hydrogen) atoms. The largest absolute Gasteiger partial charge is 0.273 e. The van der Waals surface area contributed by atoms with Crippen molar-refractivity contribution in [3.63, 3.8) is 0 Å². The van der Waals surface area contributed by atoms with Crippen LogP contribution in [-0.2, 0) is 5.92 Å². The fourth-order valence-corrected chi connectivity index (χ4v) is 4.19. The van der Waals surface area contributed by atoms with E-state index in [0.717, 1.165) is 18.4 Å². The maximum absolute atomic E-state index is 14.0. The molecule has 1 aliphatic carbocycles. The van der Waals surface area contributed by atoms with Gasteiger partial charge in [0.25, 0.3) is 5.92 Å². The van der Waals surface area contributed by atoms with E-state index >= 15 is 0 Å². The van der Waals surface area contributed by atoms with Crippen molar-refractivity contribution in [2.45, 2.75) is 64.2 Å². The van der Waals surface area contributed by atoms with E-state index in [1.165, 1.54) is 56.2 Å². The highest BCUT2D eigenvalue weighted by molar-refractivity contribution is 5.64. The Bertz CT molecular complexity index is 720. The summed E-state index contributed by atoms with van der Waals surface area (Å²) >= 11 is 0. The summed E-state index contributed by atoms with van der Waals surface area (Å²) in [7, 11) is 0. The molecule has 2 aromatic rings. The Hall–Kier alpha value is -1.77. The molecular weight excluding hydrogens is 333 g/mol. The van der Waals surface area contributed by atoms with Gasteiger partial charge in [0, 0.05) is 6.92 Å². The first-order valence-corrected chi connectivity index (χ1v) is 9.66. The highest BCUT2D eigenvalue weighted by Gasteiger charge is 2.28. The minimum atomic E-state index is -3.16. The zero-order chi connectivity index (χ0) is 18.7. The molecule has 140 valence electrons. The van der Waals surface area contributed by atoms with Gasteiger partial charge < -0.3 is 0 Å².